The first-order chi connectivity index (χ1) is 25.7. The minimum absolute atomic E-state index is 0.692. The molecule has 4 heteroatoms. The molecule has 52 heavy (non-hydrogen) atoms. The molecule has 0 amide bonds. The summed E-state index contributed by atoms with van der Waals surface area (Å²) in [4.78, 5) is 10.8. The molecule has 0 fully saturated rings. The predicted molar refractivity (Wildman–Crippen MR) is 219 cm³/mol. The van der Waals surface area contributed by atoms with Crippen molar-refractivity contribution >= 4 is 75.1 Å². The van der Waals surface area contributed by atoms with Crippen molar-refractivity contribution in [1.82, 2.24) is 9.97 Å². The number of nitrogens with zero attached hydrogens (tertiary/aromatic N) is 2. The van der Waals surface area contributed by atoms with Crippen molar-refractivity contribution in [3.05, 3.63) is 170 Å². The molecule has 11 rings (SSSR count). The second-order valence-corrected chi connectivity index (χ2v) is 14.4. The highest BCUT2D eigenvalue weighted by Crippen LogP contribution is 2.43. The zero-order chi connectivity index (χ0) is 34.2. The van der Waals surface area contributed by atoms with E-state index in [9.17, 15) is 0 Å². The third-order valence-electron chi connectivity index (χ3n) is 10.3. The van der Waals surface area contributed by atoms with Crippen LogP contribution in [-0.2, 0) is 0 Å². The fourth-order valence-electron chi connectivity index (χ4n) is 7.75. The van der Waals surface area contributed by atoms with Gasteiger partial charge < -0.3 is 4.42 Å². The van der Waals surface area contributed by atoms with Crippen LogP contribution < -0.4 is 0 Å². The number of furan rings is 1. The summed E-state index contributed by atoms with van der Waals surface area (Å²) < 4.78 is 8.79. The van der Waals surface area contributed by atoms with Gasteiger partial charge in [0.25, 0.3) is 0 Å². The van der Waals surface area contributed by atoms with Gasteiger partial charge in [-0.15, -0.1) is 11.3 Å². The summed E-state index contributed by atoms with van der Waals surface area (Å²) >= 11 is 1.76. The Balaban J connectivity index is 1.11. The molecule has 3 aromatic heterocycles. The summed E-state index contributed by atoms with van der Waals surface area (Å²) in [5.74, 6) is 0.692. The van der Waals surface area contributed by atoms with E-state index in [1.807, 2.05) is 12.1 Å². The van der Waals surface area contributed by atoms with E-state index in [4.69, 9.17) is 14.4 Å². The second-order valence-electron chi connectivity index (χ2n) is 13.3. The van der Waals surface area contributed by atoms with Crippen molar-refractivity contribution in [2.45, 2.75) is 0 Å². The number of aromatic nitrogens is 2. The van der Waals surface area contributed by atoms with Crippen molar-refractivity contribution < 1.29 is 4.42 Å². The summed E-state index contributed by atoms with van der Waals surface area (Å²) in [5.41, 5.74) is 10.4. The highest BCUT2D eigenvalue weighted by atomic mass is 32.1. The number of fused-ring (bicyclic) bond motifs is 8. The summed E-state index contributed by atoms with van der Waals surface area (Å²) in [6, 6.07) is 60.2. The zero-order valence-electron chi connectivity index (χ0n) is 27.9. The number of hydrogen-bond acceptors (Lipinski definition) is 4. The smallest absolute Gasteiger partial charge is 0.161 e. The molecule has 11 aromatic rings. The van der Waals surface area contributed by atoms with E-state index in [0.29, 0.717) is 5.82 Å². The molecule has 0 saturated carbocycles. The van der Waals surface area contributed by atoms with Gasteiger partial charge in [0.05, 0.1) is 15.9 Å². The zero-order valence-corrected chi connectivity index (χ0v) is 28.7. The van der Waals surface area contributed by atoms with E-state index in [0.717, 1.165) is 65.5 Å². The molecule has 0 N–H and O–H groups in total. The average molecular weight is 681 g/mol. The molecule has 0 radical (unpaired) electrons. The van der Waals surface area contributed by atoms with Crippen molar-refractivity contribution in [3.8, 4) is 44.9 Å². The molecule has 0 aliphatic heterocycles. The highest BCUT2D eigenvalue weighted by molar-refractivity contribution is 7.26. The fourth-order valence-corrected chi connectivity index (χ4v) is 8.90. The first-order valence-electron chi connectivity index (χ1n) is 17.5. The van der Waals surface area contributed by atoms with Gasteiger partial charge in [-0.3, -0.25) is 0 Å². The van der Waals surface area contributed by atoms with Crippen molar-refractivity contribution in [1.29, 1.82) is 0 Å². The van der Waals surface area contributed by atoms with Gasteiger partial charge >= 0.3 is 0 Å². The maximum Gasteiger partial charge on any atom is 0.161 e. The van der Waals surface area contributed by atoms with E-state index >= 15 is 0 Å². The van der Waals surface area contributed by atoms with Gasteiger partial charge in [-0.2, -0.15) is 0 Å². The monoisotopic (exact) mass is 680 g/mol. The van der Waals surface area contributed by atoms with Crippen molar-refractivity contribution in [2.75, 3.05) is 0 Å². The fraction of sp³-hybridized carbons (Fsp3) is 0. The van der Waals surface area contributed by atoms with E-state index in [1.165, 1.54) is 37.4 Å². The summed E-state index contributed by atoms with van der Waals surface area (Å²) in [7, 11) is 0. The molecular formula is C48H28N2OS. The van der Waals surface area contributed by atoms with E-state index in [2.05, 4.69) is 158 Å². The molecule has 0 unspecified atom stereocenters. The molecule has 0 atom stereocenters. The molecule has 8 aromatic carbocycles. The molecule has 0 bridgehead atoms. The SMILES string of the molecule is c1ccc(-c2ccc3cc(-c4ccc5oc6cccc(-c7nc(-c8cccc9ccccc89)c8sc9ccccc9c8n7)c6c5c4)ccc3c2)cc1. The molecule has 3 nitrogen and oxygen atoms in total. The first kappa shape index (κ1) is 29.1. The Bertz CT molecular complexity index is 3190. The molecule has 0 spiro atoms. The highest BCUT2D eigenvalue weighted by Gasteiger charge is 2.21. The van der Waals surface area contributed by atoms with Gasteiger partial charge in [-0.05, 0) is 80.2 Å². The van der Waals surface area contributed by atoms with Crippen LogP contribution in [0.3, 0.4) is 0 Å². The molecule has 0 saturated heterocycles. The van der Waals surface area contributed by atoms with Crippen LogP contribution >= 0.6 is 11.3 Å². The Morgan fingerprint density at radius 2 is 1.10 bits per heavy atom. The third-order valence-corrected chi connectivity index (χ3v) is 11.4. The molecule has 3 heterocycles. The van der Waals surface area contributed by atoms with Crippen LogP contribution in [0.1, 0.15) is 0 Å². The Morgan fingerprint density at radius 1 is 0.423 bits per heavy atom. The molecule has 0 aliphatic rings. The molecule has 0 aliphatic carbocycles. The van der Waals surface area contributed by atoms with Crippen LogP contribution in [0.4, 0.5) is 0 Å². The van der Waals surface area contributed by atoms with Crippen LogP contribution in [0, 0.1) is 0 Å². The third kappa shape index (κ3) is 4.58. The van der Waals surface area contributed by atoms with E-state index < -0.39 is 0 Å². The van der Waals surface area contributed by atoms with Gasteiger partial charge in [0.15, 0.2) is 5.82 Å². The molecular weight excluding hydrogens is 653 g/mol. The number of rotatable bonds is 4. The van der Waals surface area contributed by atoms with Crippen LogP contribution in [0.25, 0.3) is 109 Å². The maximum atomic E-state index is 6.49. The summed E-state index contributed by atoms with van der Waals surface area (Å²) in [6.45, 7) is 0. The van der Waals surface area contributed by atoms with Crippen LogP contribution in [0.5, 0.6) is 0 Å². The Kier molecular flexibility index (Phi) is 6.42. The van der Waals surface area contributed by atoms with Crippen LogP contribution in [0.2, 0.25) is 0 Å². The maximum absolute atomic E-state index is 6.49. The number of thiophene rings is 1. The van der Waals surface area contributed by atoms with Crippen LogP contribution in [0.15, 0.2) is 174 Å². The lowest BCUT2D eigenvalue weighted by molar-refractivity contribution is 0.669. The predicted octanol–water partition coefficient (Wildman–Crippen LogP) is 13.7. The quantitative estimate of drug-likeness (QED) is 0.186. The average Bonchev–Trinajstić information content (AvgIpc) is 3.78. The largest absolute Gasteiger partial charge is 0.456 e. The number of hydrogen-bond donors (Lipinski definition) is 0. The van der Waals surface area contributed by atoms with Crippen molar-refractivity contribution in [3.63, 3.8) is 0 Å². The molecule has 242 valence electrons. The Morgan fingerprint density at radius 3 is 1.96 bits per heavy atom. The normalized spacial score (nSPS) is 11.8. The lowest BCUT2D eigenvalue weighted by Gasteiger charge is -2.10. The van der Waals surface area contributed by atoms with Gasteiger partial charge in [0, 0.05) is 32.0 Å². The van der Waals surface area contributed by atoms with Gasteiger partial charge in [0.2, 0.25) is 0 Å². The van der Waals surface area contributed by atoms with E-state index in [-0.39, 0.29) is 0 Å². The van der Waals surface area contributed by atoms with Crippen molar-refractivity contribution in [2.24, 2.45) is 0 Å². The lowest BCUT2D eigenvalue weighted by Crippen LogP contribution is -1.94. The Labute approximate surface area is 303 Å². The minimum Gasteiger partial charge on any atom is -0.456 e. The van der Waals surface area contributed by atoms with Gasteiger partial charge in [0.1, 0.15) is 11.2 Å². The standard InChI is InChI=1S/C48H28N2OS/c1-2-10-29(11-3-1)31-20-21-33-27-34(23-22-32(33)26-31)35-24-25-41-40(28-35)44-39(17-9-18-42(44)51-41)48-49-45(37-16-8-13-30-12-4-5-14-36(30)37)47-46(50-48)38-15-6-7-19-43(38)52-47/h1-28H. The number of benzene rings is 8. The Hall–Kier alpha value is -6.62. The lowest BCUT2D eigenvalue weighted by atomic mass is 9.96. The summed E-state index contributed by atoms with van der Waals surface area (Å²) in [5, 5.41) is 8.01. The minimum atomic E-state index is 0.692. The van der Waals surface area contributed by atoms with Gasteiger partial charge in [-0.1, -0.05) is 133 Å². The second kappa shape index (κ2) is 11.5. The first-order valence-corrected chi connectivity index (χ1v) is 18.3. The van der Waals surface area contributed by atoms with Crippen LogP contribution in [-0.4, -0.2) is 9.97 Å². The topological polar surface area (TPSA) is 38.9 Å². The summed E-state index contributed by atoms with van der Waals surface area (Å²) in [6.07, 6.45) is 0. The van der Waals surface area contributed by atoms with E-state index in [1.54, 1.807) is 11.3 Å². The van der Waals surface area contributed by atoms with Gasteiger partial charge in [-0.25, -0.2) is 9.97 Å².